The van der Waals surface area contributed by atoms with Crippen molar-refractivity contribution >= 4 is 38.4 Å². The lowest BCUT2D eigenvalue weighted by atomic mass is 10.2. The van der Waals surface area contributed by atoms with E-state index in [1.54, 1.807) is 11.3 Å². The minimum Gasteiger partial charge on any atom is -0.281 e. The van der Waals surface area contributed by atoms with Crippen LogP contribution in [0.15, 0.2) is 11.7 Å². The Morgan fingerprint density at radius 3 is 3.07 bits per heavy atom. The molecule has 0 atom stereocenters. The highest BCUT2D eigenvalue weighted by Crippen LogP contribution is 2.26. The number of thiophene rings is 1. The number of nitrogens with zero attached hydrogens (tertiary/aromatic N) is 2. The van der Waals surface area contributed by atoms with Gasteiger partial charge >= 0.3 is 0 Å². The minimum atomic E-state index is -0.324. The van der Waals surface area contributed by atoms with Gasteiger partial charge in [0.15, 0.2) is 0 Å². The normalized spacial score (nSPS) is 10.8. The molecule has 5 heteroatoms. The number of carbonyl (C=O) groups is 1. The molecular weight excluding hydrogens is 232 g/mol. The van der Waals surface area contributed by atoms with Crippen LogP contribution in [0, 0.1) is 6.92 Å². The Bertz CT molecular complexity index is 509. The third kappa shape index (κ3) is 2.16. The SMILES string of the molecule is Cc1csc2c(CCC(=O)Cl)ncnc12. The van der Waals surface area contributed by atoms with Crippen LogP contribution in [0.1, 0.15) is 17.7 Å². The maximum atomic E-state index is 10.7. The Balaban J connectivity index is 2.38. The summed E-state index contributed by atoms with van der Waals surface area (Å²) in [7, 11) is 0. The first-order valence-corrected chi connectivity index (χ1v) is 5.80. The van der Waals surface area contributed by atoms with E-state index in [4.69, 9.17) is 11.6 Å². The largest absolute Gasteiger partial charge is 0.281 e. The molecule has 3 nitrogen and oxygen atoms in total. The molecule has 0 aliphatic heterocycles. The smallest absolute Gasteiger partial charge is 0.222 e. The fourth-order valence-corrected chi connectivity index (χ4v) is 2.53. The van der Waals surface area contributed by atoms with Gasteiger partial charge in [0.2, 0.25) is 5.24 Å². The Morgan fingerprint density at radius 1 is 1.53 bits per heavy atom. The van der Waals surface area contributed by atoms with Crippen molar-refractivity contribution in [2.45, 2.75) is 19.8 Å². The molecule has 78 valence electrons. The third-order valence-electron chi connectivity index (χ3n) is 2.16. The molecule has 0 N–H and O–H groups in total. The van der Waals surface area contributed by atoms with Crippen LogP contribution < -0.4 is 0 Å². The summed E-state index contributed by atoms with van der Waals surface area (Å²) in [5.74, 6) is 0. The molecule has 2 heterocycles. The molecule has 0 saturated carbocycles. The second kappa shape index (κ2) is 4.24. The first kappa shape index (κ1) is 10.5. The number of aromatic nitrogens is 2. The van der Waals surface area contributed by atoms with E-state index in [-0.39, 0.29) is 5.24 Å². The molecule has 0 bridgehead atoms. The van der Waals surface area contributed by atoms with Gasteiger partial charge in [-0.15, -0.1) is 11.3 Å². The van der Waals surface area contributed by atoms with Gasteiger partial charge in [-0.3, -0.25) is 4.79 Å². The van der Waals surface area contributed by atoms with E-state index in [0.29, 0.717) is 12.8 Å². The lowest BCUT2D eigenvalue weighted by Gasteiger charge is -1.98. The van der Waals surface area contributed by atoms with Crippen molar-refractivity contribution < 1.29 is 4.79 Å². The van der Waals surface area contributed by atoms with Gasteiger partial charge in [0.25, 0.3) is 0 Å². The predicted octanol–water partition coefficient (Wildman–Crippen LogP) is 2.70. The van der Waals surface area contributed by atoms with E-state index in [1.165, 1.54) is 6.33 Å². The quantitative estimate of drug-likeness (QED) is 0.775. The molecule has 0 fully saturated rings. The lowest BCUT2D eigenvalue weighted by molar-refractivity contribution is -0.111. The van der Waals surface area contributed by atoms with Crippen LogP contribution in [-0.4, -0.2) is 15.2 Å². The van der Waals surface area contributed by atoms with Crippen molar-refractivity contribution in [3.8, 4) is 0 Å². The summed E-state index contributed by atoms with van der Waals surface area (Å²) in [6, 6.07) is 0. The second-order valence-electron chi connectivity index (χ2n) is 3.27. The Morgan fingerprint density at radius 2 is 2.33 bits per heavy atom. The summed E-state index contributed by atoms with van der Waals surface area (Å²) in [5, 5.41) is 1.72. The Kier molecular flexibility index (Phi) is 2.98. The summed E-state index contributed by atoms with van der Waals surface area (Å²) in [5.41, 5.74) is 3.04. The molecular formula is C10H9ClN2OS. The van der Waals surface area contributed by atoms with Crippen LogP contribution >= 0.6 is 22.9 Å². The molecule has 0 radical (unpaired) electrons. The molecule has 2 aromatic heterocycles. The molecule has 0 unspecified atom stereocenters. The van der Waals surface area contributed by atoms with Crippen LogP contribution in [0.2, 0.25) is 0 Å². The van der Waals surface area contributed by atoms with Crippen molar-refractivity contribution in [1.29, 1.82) is 0 Å². The molecule has 0 aliphatic carbocycles. The zero-order valence-electron chi connectivity index (χ0n) is 8.16. The first-order valence-electron chi connectivity index (χ1n) is 4.54. The van der Waals surface area contributed by atoms with E-state index in [2.05, 4.69) is 9.97 Å². The lowest BCUT2D eigenvalue weighted by Crippen LogP contribution is -1.95. The highest BCUT2D eigenvalue weighted by molar-refractivity contribution is 7.17. The topological polar surface area (TPSA) is 42.9 Å². The van der Waals surface area contributed by atoms with Crippen molar-refractivity contribution in [2.75, 3.05) is 0 Å². The predicted molar refractivity (Wildman–Crippen MR) is 61.3 cm³/mol. The van der Waals surface area contributed by atoms with Crippen molar-refractivity contribution in [2.24, 2.45) is 0 Å². The number of halogens is 1. The van der Waals surface area contributed by atoms with Gasteiger partial charge in [-0.1, -0.05) is 0 Å². The van der Waals surface area contributed by atoms with Crippen LogP contribution in [0.5, 0.6) is 0 Å². The van der Waals surface area contributed by atoms with E-state index >= 15 is 0 Å². The summed E-state index contributed by atoms with van der Waals surface area (Å²) >= 11 is 6.92. The zero-order chi connectivity index (χ0) is 10.8. The molecule has 2 aromatic rings. The summed E-state index contributed by atoms with van der Waals surface area (Å²) < 4.78 is 1.06. The minimum absolute atomic E-state index is 0.324. The standard InChI is InChI=1S/C10H9ClN2OS/c1-6-4-15-10-7(2-3-8(11)14)12-5-13-9(6)10/h4-5H,2-3H2,1H3. The average Bonchev–Trinajstić information content (AvgIpc) is 2.58. The van der Waals surface area contributed by atoms with Crippen LogP contribution in [-0.2, 0) is 11.2 Å². The average molecular weight is 241 g/mol. The summed E-state index contributed by atoms with van der Waals surface area (Å²) in [6.45, 7) is 2.02. The maximum absolute atomic E-state index is 10.7. The van der Waals surface area contributed by atoms with Crippen molar-refractivity contribution in [3.05, 3.63) is 23.0 Å². The fourth-order valence-electron chi connectivity index (χ4n) is 1.41. The monoisotopic (exact) mass is 240 g/mol. The zero-order valence-corrected chi connectivity index (χ0v) is 9.73. The molecule has 15 heavy (non-hydrogen) atoms. The highest BCUT2D eigenvalue weighted by Gasteiger charge is 2.08. The van der Waals surface area contributed by atoms with Gasteiger partial charge in [0, 0.05) is 6.42 Å². The molecule has 0 saturated heterocycles. The first-order chi connectivity index (χ1) is 7.18. The molecule has 0 spiro atoms. The number of aryl methyl sites for hydroxylation is 2. The van der Waals surface area contributed by atoms with Crippen LogP contribution in [0.3, 0.4) is 0 Å². The van der Waals surface area contributed by atoms with E-state index < -0.39 is 0 Å². The van der Waals surface area contributed by atoms with Gasteiger partial charge < -0.3 is 0 Å². The van der Waals surface area contributed by atoms with E-state index in [9.17, 15) is 4.79 Å². The number of rotatable bonds is 3. The Labute approximate surface area is 96.1 Å². The van der Waals surface area contributed by atoms with E-state index in [1.807, 2.05) is 12.3 Å². The van der Waals surface area contributed by atoms with Gasteiger partial charge in [-0.2, -0.15) is 0 Å². The maximum Gasteiger partial charge on any atom is 0.222 e. The van der Waals surface area contributed by atoms with Crippen LogP contribution in [0.25, 0.3) is 10.2 Å². The van der Waals surface area contributed by atoms with Gasteiger partial charge in [-0.05, 0) is 35.9 Å². The van der Waals surface area contributed by atoms with Gasteiger partial charge in [0.1, 0.15) is 6.33 Å². The second-order valence-corrected chi connectivity index (χ2v) is 4.57. The third-order valence-corrected chi connectivity index (χ3v) is 3.49. The summed E-state index contributed by atoms with van der Waals surface area (Å²) in [6.07, 6.45) is 2.45. The van der Waals surface area contributed by atoms with Crippen LogP contribution in [0.4, 0.5) is 0 Å². The summed E-state index contributed by atoms with van der Waals surface area (Å²) in [4.78, 5) is 19.1. The van der Waals surface area contributed by atoms with E-state index in [0.717, 1.165) is 21.5 Å². The van der Waals surface area contributed by atoms with Crippen molar-refractivity contribution in [3.63, 3.8) is 0 Å². The molecule has 0 amide bonds. The molecule has 0 aliphatic rings. The molecule has 0 aromatic carbocycles. The van der Waals surface area contributed by atoms with Crippen molar-refractivity contribution in [1.82, 2.24) is 9.97 Å². The number of hydrogen-bond donors (Lipinski definition) is 0. The number of carbonyl (C=O) groups excluding carboxylic acids is 1. The highest BCUT2D eigenvalue weighted by atomic mass is 35.5. The molecule has 2 rings (SSSR count). The van der Waals surface area contributed by atoms with Gasteiger partial charge in [0.05, 0.1) is 15.9 Å². The fraction of sp³-hybridized carbons (Fsp3) is 0.300. The Hall–Kier alpha value is -1.00. The number of fused-ring (bicyclic) bond motifs is 1. The number of hydrogen-bond acceptors (Lipinski definition) is 4. The van der Waals surface area contributed by atoms with Gasteiger partial charge in [-0.25, -0.2) is 9.97 Å².